The number of aliphatic hydroxyl groups is 1. The molecule has 2 aliphatic carbocycles. The highest BCUT2D eigenvalue weighted by Gasteiger charge is 2.52. The lowest BCUT2D eigenvalue weighted by Gasteiger charge is -2.30. The van der Waals surface area contributed by atoms with Gasteiger partial charge in [0.25, 0.3) is 0 Å². The molecule has 2 saturated carbocycles. The number of rotatable bonds is 0. The van der Waals surface area contributed by atoms with E-state index in [0.29, 0.717) is 11.5 Å². The molecule has 0 aromatic rings. The monoisotopic (exact) mass is 248 g/mol. The largest absolute Gasteiger partial charge is 0.458 e. The summed E-state index contributed by atoms with van der Waals surface area (Å²) in [6.07, 6.45) is 3.24. The number of carbonyl (C=O) groups excluding carboxylic acids is 1. The minimum atomic E-state index is -0.644. The SMILES string of the molecule is C=C1C(=O)OC2CC(=C)[C@@H]3CC[C@@](C)(O)[C@@H]3C[C@H]12. The summed E-state index contributed by atoms with van der Waals surface area (Å²) in [6.45, 7) is 9.93. The molecule has 1 aliphatic heterocycles. The third-order valence-electron chi connectivity index (χ3n) is 5.16. The molecule has 1 saturated heterocycles. The third kappa shape index (κ3) is 1.57. The van der Waals surface area contributed by atoms with Crippen LogP contribution in [0, 0.1) is 17.8 Å². The number of fused-ring (bicyclic) bond motifs is 2. The van der Waals surface area contributed by atoms with E-state index >= 15 is 0 Å². The van der Waals surface area contributed by atoms with Gasteiger partial charge in [0.15, 0.2) is 0 Å². The lowest BCUT2D eigenvalue weighted by atomic mass is 9.79. The molecule has 3 heteroatoms. The van der Waals surface area contributed by atoms with Gasteiger partial charge in [-0.05, 0) is 38.0 Å². The van der Waals surface area contributed by atoms with Crippen molar-refractivity contribution in [2.24, 2.45) is 17.8 Å². The van der Waals surface area contributed by atoms with Crippen molar-refractivity contribution in [3.63, 3.8) is 0 Å². The molecule has 0 amide bonds. The standard InChI is InChI=1S/C15H20O3/c1-8-6-13-11(9(2)14(16)18-13)7-12-10(8)4-5-15(12,3)17/h10-13,17H,1-2,4-7H2,3H3/t10-,11+,12+,13?,15+/m0/s1. The van der Waals surface area contributed by atoms with Gasteiger partial charge in [-0.1, -0.05) is 18.7 Å². The Morgan fingerprint density at radius 1 is 1.39 bits per heavy atom. The van der Waals surface area contributed by atoms with E-state index in [1.165, 1.54) is 0 Å². The smallest absolute Gasteiger partial charge is 0.334 e. The first-order valence-corrected chi connectivity index (χ1v) is 6.70. The van der Waals surface area contributed by atoms with E-state index in [1.54, 1.807) is 0 Å². The van der Waals surface area contributed by atoms with Gasteiger partial charge in [0.05, 0.1) is 5.60 Å². The second-order valence-electron chi connectivity index (χ2n) is 6.28. The predicted octanol–water partition coefficient (Wildman–Crippen LogP) is 2.21. The van der Waals surface area contributed by atoms with Gasteiger partial charge >= 0.3 is 5.97 Å². The zero-order chi connectivity index (χ0) is 13.1. The number of hydrogen-bond acceptors (Lipinski definition) is 3. The lowest BCUT2D eigenvalue weighted by molar-refractivity contribution is -0.139. The van der Waals surface area contributed by atoms with E-state index in [-0.39, 0.29) is 23.9 Å². The Labute approximate surface area is 108 Å². The van der Waals surface area contributed by atoms with Crippen molar-refractivity contribution in [1.82, 2.24) is 0 Å². The quantitative estimate of drug-likeness (QED) is 0.406. The molecule has 0 bridgehead atoms. The zero-order valence-electron chi connectivity index (χ0n) is 10.8. The molecule has 18 heavy (non-hydrogen) atoms. The fourth-order valence-corrected chi connectivity index (χ4v) is 4.01. The predicted molar refractivity (Wildman–Crippen MR) is 67.7 cm³/mol. The summed E-state index contributed by atoms with van der Waals surface area (Å²) in [5, 5.41) is 10.5. The first-order chi connectivity index (χ1) is 8.40. The number of esters is 1. The summed E-state index contributed by atoms with van der Waals surface area (Å²) in [7, 11) is 0. The van der Waals surface area contributed by atoms with Crippen LogP contribution >= 0.6 is 0 Å². The van der Waals surface area contributed by atoms with Crippen LogP contribution in [0.2, 0.25) is 0 Å². The molecular formula is C15H20O3. The Morgan fingerprint density at radius 3 is 2.83 bits per heavy atom. The van der Waals surface area contributed by atoms with Crippen molar-refractivity contribution in [2.45, 2.75) is 44.3 Å². The summed E-state index contributed by atoms with van der Waals surface area (Å²) >= 11 is 0. The highest BCUT2D eigenvalue weighted by atomic mass is 16.6. The second-order valence-corrected chi connectivity index (χ2v) is 6.28. The molecule has 3 nitrogen and oxygen atoms in total. The maximum absolute atomic E-state index is 11.6. The summed E-state index contributed by atoms with van der Waals surface area (Å²) in [4.78, 5) is 11.6. The van der Waals surface area contributed by atoms with Crippen LogP contribution in [0.3, 0.4) is 0 Å². The van der Waals surface area contributed by atoms with Crippen LogP contribution in [0.1, 0.15) is 32.6 Å². The Kier molecular flexibility index (Phi) is 2.46. The highest BCUT2D eigenvalue weighted by molar-refractivity contribution is 5.90. The minimum Gasteiger partial charge on any atom is -0.458 e. The first kappa shape index (κ1) is 12.0. The highest BCUT2D eigenvalue weighted by Crippen LogP contribution is 2.52. The molecule has 3 aliphatic rings. The molecule has 5 atom stereocenters. The van der Waals surface area contributed by atoms with Gasteiger partial charge in [-0.3, -0.25) is 0 Å². The maximum atomic E-state index is 11.6. The molecule has 0 aromatic heterocycles. The van der Waals surface area contributed by atoms with Gasteiger partial charge in [0.2, 0.25) is 0 Å². The molecular weight excluding hydrogens is 228 g/mol. The fraction of sp³-hybridized carbons (Fsp3) is 0.667. The van der Waals surface area contributed by atoms with E-state index in [4.69, 9.17) is 4.74 Å². The molecule has 1 heterocycles. The molecule has 3 rings (SSSR count). The lowest BCUT2D eigenvalue weighted by Crippen LogP contribution is -2.33. The van der Waals surface area contributed by atoms with Gasteiger partial charge in [-0.15, -0.1) is 0 Å². The number of hydrogen-bond donors (Lipinski definition) is 1. The third-order valence-corrected chi connectivity index (χ3v) is 5.16. The Morgan fingerprint density at radius 2 is 2.11 bits per heavy atom. The van der Waals surface area contributed by atoms with Crippen molar-refractivity contribution in [2.75, 3.05) is 0 Å². The van der Waals surface area contributed by atoms with Crippen LogP contribution in [-0.2, 0) is 9.53 Å². The molecule has 1 unspecified atom stereocenters. The van der Waals surface area contributed by atoms with Crippen molar-refractivity contribution in [3.05, 3.63) is 24.3 Å². The van der Waals surface area contributed by atoms with Crippen molar-refractivity contribution < 1.29 is 14.6 Å². The van der Waals surface area contributed by atoms with Crippen LogP contribution in [0.15, 0.2) is 24.3 Å². The van der Waals surface area contributed by atoms with Crippen molar-refractivity contribution in [3.8, 4) is 0 Å². The summed E-state index contributed by atoms with van der Waals surface area (Å²) in [5.74, 6) is 0.353. The Hall–Kier alpha value is -1.09. The topological polar surface area (TPSA) is 46.5 Å². The zero-order valence-corrected chi connectivity index (χ0v) is 10.8. The van der Waals surface area contributed by atoms with Crippen molar-refractivity contribution >= 4 is 5.97 Å². The van der Waals surface area contributed by atoms with Gasteiger partial charge in [0.1, 0.15) is 6.10 Å². The second kappa shape index (κ2) is 3.70. The van der Waals surface area contributed by atoms with Crippen LogP contribution in [0.5, 0.6) is 0 Å². The number of carbonyl (C=O) groups is 1. The van der Waals surface area contributed by atoms with Gasteiger partial charge in [0, 0.05) is 17.9 Å². The van der Waals surface area contributed by atoms with Gasteiger partial charge in [-0.25, -0.2) is 4.79 Å². The van der Waals surface area contributed by atoms with E-state index in [2.05, 4.69) is 13.2 Å². The van der Waals surface area contributed by atoms with Crippen molar-refractivity contribution in [1.29, 1.82) is 0 Å². The van der Waals surface area contributed by atoms with Gasteiger partial charge in [-0.2, -0.15) is 0 Å². The van der Waals surface area contributed by atoms with Crippen LogP contribution in [0.4, 0.5) is 0 Å². The van der Waals surface area contributed by atoms with Crippen LogP contribution in [-0.4, -0.2) is 22.8 Å². The average Bonchev–Trinajstić information content (AvgIpc) is 2.65. The maximum Gasteiger partial charge on any atom is 0.334 e. The van der Waals surface area contributed by atoms with E-state index < -0.39 is 5.60 Å². The molecule has 98 valence electrons. The minimum absolute atomic E-state index is 0.0637. The normalized spacial score (nSPS) is 47.6. The molecule has 3 fully saturated rings. The molecule has 0 spiro atoms. The van der Waals surface area contributed by atoms with E-state index in [9.17, 15) is 9.90 Å². The number of ether oxygens (including phenoxy) is 1. The van der Waals surface area contributed by atoms with Gasteiger partial charge < -0.3 is 9.84 Å². The average molecular weight is 248 g/mol. The summed E-state index contributed by atoms with van der Waals surface area (Å²) < 4.78 is 5.38. The summed E-state index contributed by atoms with van der Waals surface area (Å²) in [5.41, 5.74) is 1.07. The van der Waals surface area contributed by atoms with Crippen LogP contribution in [0.25, 0.3) is 0 Å². The Balaban J connectivity index is 1.94. The summed E-state index contributed by atoms with van der Waals surface area (Å²) in [6, 6.07) is 0. The van der Waals surface area contributed by atoms with Crippen LogP contribution < -0.4 is 0 Å². The molecule has 0 aromatic carbocycles. The Bertz CT molecular complexity index is 435. The van der Waals surface area contributed by atoms with E-state index in [1.807, 2.05) is 6.92 Å². The van der Waals surface area contributed by atoms with E-state index in [0.717, 1.165) is 31.3 Å². The fourth-order valence-electron chi connectivity index (χ4n) is 4.01. The first-order valence-electron chi connectivity index (χ1n) is 6.70. The molecule has 1 N–H and O–H groups in total. The molecule has 0 radical (unpaired) electrons.